The smallest absolute Gasteiger partial charge is 0.338 e. The number of esters is 1. The molecule has 0 aromatic heterocycles. The molecule has 0 saturated heterocycles. The monoisotopic (exact) mass is 473 g/mol. The molecular weight excluding hydrogens is 438 g/mol. The highest BCUT2D eigenvalue weighted by Gasteiger charge is 2.60. The number of carbonyl (C=O) groups is 1. The van der Waals surface area contributed by atoms with Gasteiger partial charge in [-0.1, -0.05) is 13.8 Å². The van der Waals surface area contributed by atoms with Crippen molar-refractivity contribution in [1.29, 1.82) is 0 Å². The molecule has 0 amide bonds. The molecule has 3 N–H and O–H groups in total. The summed E-state index contributed by atoms with van der Waals surface area (Å²) in [5.41, 5.74) is 0.591. The number of allylic oxidation sites excluding steroid dienone is 2. The number of primary sulfonamides is 1. The minimum atomic E-state index is -3.79. The molecular formula is C26H35NO5S. The lowest BCUT2D eigenvalue weighted by molar-refractivity contribution is -0.113. The molecule has 0 aliphatic heterocycles. The molecule has 7 heteroatoms. The van der Waals surface area contributed by atoms with E-state index in [1.54, 1.807) is 0 Å². The van der Waals surface area contributed by atoms with Crippen LogP contribution in [0.1, 0.15) is 75.6 Å². The Labute approximate surface area is 196 Å². The zero-order valence-electron chi connectivity index (χ0n) is 19.5. The van der Waals surface area contributed by atoms with E-state index in [2.05, 4.69) is 13.8 Å². The number of carbonyl (C=O) groups excluding carboxylic acids is 1. The van der Waals surface area contributed by atoms with Crippen LogP contribution in [0.3, 0.4) is 0 Å². The first-order chi connectivity index (χ1) is 15.5. The zero-order chi connectivity index (χ0) is 23.6. The SMILES string of the molecule is C[C@]12CC=C(O)CC1CCC1C2CC[C@@]2(C)C1CC[C@@H]2OC(=O)c1ccc(S(N)(=O)=O)cc1. The number of nitrogens with two attached hydrogens (primary N) is 1. The number of sulfonamides is 1. The molecule has 33 heavy (non-hydrogen) atoms. The first kappa shape index (κ1) is 22.9. The van der Waals surface area contributed by atoms with E-state index < -0.39 is 16.0 Å². The Balaban J connectivity index is 1.32. The lowest BCUT2D eigenvalue weighted by Gasteiger charge is -2.59. The van der Waals surface area contributed by atoms with Gasteiger partial charge in [-0.3, -0.25) is 0 Å². The van der Waals surface area contributed by atoms with E-state index in [0.29, 0.717) is 35.0 Å². The highest BCUT2D eigenvalue weighted by Crippen LogP contribution is 2.66. The number of hydrogen-bond donors (Lipinski definition) is 2. The molecule has 0 radical (unpaired) electrons. The van der Waals surface area contributed by atoms with Crippen LogP contribution < -0.4 is 5.14 Å². The van der Waals surface area contributed by atoms with Gasteiger partial charge in [-0.2, -0.15) is 0 Å². The largest absolute Gasteiger partial charge is 0.513 e. The van der Waals surface area contributed by atoms with Crippen molar-refractivity contribution in [1.82, 2.24) is 0 Å². The van der Waals surface area contributed by atoms with Crippen LogP contribution in [0, 0.1) is 34.5 Å². The van der Waals surface area contributed by atoms with Gasteiger partial charge in [0.1, 0.15) is 6.10 Å². The van der Waals surface area contributed by atoms with E-state index in [1.807, 2.05) is 6.08 Å². The van der Waals surface area contributed by atoms with E-state index in [0.717, 1.165) is 38.5 Å². The highest BCUT2D eigenvalue weighted by atomic mass is 32.2. The molecule has 1 aromatic carbocycles. The summed E-state index contributed by atoms with van der Waals surface area (Å²) in [6.07, 6.45) is 10.3. The van der Waals surface area contributed by atoms with E-state index in [-0.39, 0.29) is 21.8 Å². The fourth-order valence-electron chi connectivity index (χ4n) is 7.99. The third-order valence-electron chi connectivity index (χ3n) is 9.88. The van der Waals surface area contributed by atoms with Gasteiger partial charge in [0, 0.05) is 11.8 Å². The van der Waals surface area contributed by atoms with Crippen molar-refractivity contribution in [2.75, 3.05) is 0 Å². The van der Waals surface area contributed by atoms with Crippen molar-refractivity contribution >= 4 is 16.0 Å². The number of hydrogen-bond acceptors (Lipinski definition) is 5. The summed E-state index contributed by atoms with van der Waals surface area (Å²) in [6, 6.07) is 5.65. The van der Waals surface area contributed by atoms with Crippen molar-refractivity contribution in [2.45, 2.75) is 76.2 Å². The summed E-state index contributed by atoms with van der Waals surface area (Å²) in [6.45, 7) is 4.75. The first-order valence-electron chi connectivity index (χ1n) is 12.2. The van der Waals surface area contributed by atoms with Gasteiger partial charge in [0.25, 0.3) is 0 Å². The summed E-state index contributed by atoms with van der Waals surface area (Å²) < 4.78 is 29.0. The number of benzene rings is 1. The molecule has 7 atom stereocenters. The van der Waals surface area contributed by atoms with Crippen LogP contribution in [0.25, 0.3) is 0 Å². The maximum atomic E-state index is 12.9. The quantitative estimate of drug-likeness (QED) is 0.604. The average molecular weight is 474 g/mol. The third kappa shape index (κ3) is 3.72. The minimum absolute atomic E-state index is 0.0137. The number of ether oxygens (including phenoxy) is 1. The molecule has 1 aromatic rings. The number of aliphatic hydroxyl groups is 1. The number of fused-ring (bicyclic) bond motifs is 5. The lowest BCUT2D eigenvalue weighted by Crippen LogP contribution is -2.53. The second-order valence-electron chi connectivity index (χ2n) is 11.3. The van der Waals surface area contributed by atoms with Gasteiger partial charge in [0.15, 0.2) is 0 Å². The molecule has 4 unspecified atom stereocenters. The molecule has 5 rings (SSSR count). The van der Waals surface area contributed by atoms with Gasteiger partial charge in [-0.05, 0) is 104 Å². The van der Waals surface area contributed by atoms with Gasteiger partial charge in [-0.15, -0.1) is 0 Å². The minimum Gasteiger partial charge on any atom is -0.513 e. The van der Waals surface area contributed by atoms with Crippen molar-refractivity contribution < 1.29 is 23.1 Å². The fourth-order valence-corrected chi connectivity index (χ4v) is 8.50. The van der Waals surface area contributed by atoms with Crippen LogP contribution in [0.15, 0.2) is 41.0 Å². The molecule has 0 bridgehead atoms. The number of rotatable bonds is 3. The van der Waals surface area contributed by atoms with E-state index in [4.69, 9.17) is 9.88 Å². The fraction of sp³-hybridized carbons (Fsp3) is 0.654. The Hall–Kier alpha value is -1.86. The molecule has 6 nitrogen and oxygen atoms in total. The van der Waals surface area contributed by atoms with Crippen LogP contribution in [0.2, 0.25) is 0 Å². The Kier molecular flexibility index (Phi) is 5.44. The third-order valence-corrected chi connectivity index (χ3v) is 10.8. The van der Waals surface area contributed by atoms with Crippen LogP contribution in [-0.2, 0) is 14.8 Å². The molecule has 3 saturated carbocycles. The highest BCUT2D eigenvalue weighted by molar-refractivity contribution is 7.89. The van der Waals surface area contributed by atoms with Crippen LogP contribution in [0.4, 0.5) is 0 Å². The van der Waals surface area contributed by atoms with Crippen molar-refractivity contribution in [3.05, 3.63) is 41.7 Å². The van der Waals surface area contributed by atoms with Gasteiger partial charge < -0.3 is 9.84 Å². The van der Waals surface area contributed by atoms with Crippen molar-refractivity contribution in [3.8, 4) is 0 Å². The predicted molar refractivity (Wildman–Crippen MR) is 125 cm³/mol. The van der Waals surface area contributed by atoms with Gasteiger partial charge in [0.2, 0.25) is 10.0 Å². The summed E-state index contributed by atoms with van der Waals surface area (Å²) in [4.78, 5) is 12.9. The van der Waals surface area contributed by atoms with Crippen molar-refractivity contribution in [2.24, 2.45) is 39.6 Å². The van der Waals surface area contributed by atoms with E-state index in [1.165, 1.54) is 37.1 Å². The zero-order valence-corrected chi connectivity index (χ0v) is 20.3. The summed E-state index contributed by atoms with van der Waals surface area (Å²) in [5.74, 6) is 2.62. The maximum Gasteiger partial charge on any atom is 0.338 e. The number of aliphatic hydroxyl groups excluding tert-OH is 1. The summed E-state index contributed by atoms with van der Waals surface area (Å²) in [7, 11) is -3.79. The van der Waals surface area contributed by atoms with Crippen LogP contribution in [0.5, 0.6) is 0 Å². The van der Waals surface area contributed by atoms with Gasteiger partial charge in [-0.25, -0.2) is 18.4 Å². The summed E-state index contributed by atoms with van der Waals surface area (Å²) in [5, 5.41) is 15.3. The van der Waals surface area contributed by atoms with E-state index in [9.17, 15) is 18.3 Å². The molecule has 180 valence electrons. The molecule has 4 aliphatic rings. The second-order valence-corrected chi connectivity index (χ2v) is 12.9. The standard InChI is InChI=1S/C26H35NO5S/c1-25-13-11-18(28)15-17(25)5-8-20-21-9-10-23(26(21,2)14-12-22(20)25)32-24(29)16-3-6-19(7-4-16)33(27,30)31/h3-4,6-7,11,17,20-23,28H,5,8-10,12-15H2,1-2H3,(H2,27,30,31)/t17?,20?,21?,22?,23-,25-,26-/m0/s1. The Morgan fingerprint density at radius 2 is 1.73 bits per heavy atom. The molecule has 3 fully saturated rings. The first-order valence-corrected chi connectivity index (χ1v) is 13.8. The van der Waals surface area contributed by atoms with Crippen LogP contribution in [-0.4, -0.2) is 25.6 Å². The van der Waals surface area contributed by atoms with Crippen molar-refractivity contribution in [3.63, 3.8) is 0 Å². The molecule has 0 heterocycles. The normalized spacial score (nSPS) is 40.2. The van der Waals surface area contributed by atoms with E-state index >= 15 is 0 Å². The average Bonchev–Trinajstić information content (AvgIpc) is 3.10. The maximum absolute atomic E-state index is 12.9. The topological polar surface area (TPSA) is 107 Å². The lowest BCUT2D eigenvalue weighted by atomic mass is 9.46. The van der Waals surface area contributed by atoms with Crippen LogP contribution >= 0.6 is 0 Å². The summed E-state index contributed by atoms with van der Waals surface area (Å²) >= 11 is 0. The predicted octanol–water partition coefficient (Wildman–Crippen LogP) is 4.95. The molecule has 4 aliphatic carbocycles. The Morgan fingerprint density at radius 3 is 2.42 bits per heavy atom. The second kappa shape index (κ2) is 7.84. The van der Waals surface area contributed by atoms with Gasteiger partial charge in [0.05, 0.1) is 16.2 Å². The Bertz CT molecular complexity index is 1080. The molecule has 0 spiro atoms. The van der Waals surface area contributed by atoms with Gasteiger partial charge >= 0.3 is 5.97 Å². The Morgan fingerprint density at radius 1 is 1.03 bits per heavy atom.